The Labute approximate surface area is 346 Å². The van der Waals surface area contributed by atoms with Crippen LogP contribution in [0.15, 0.2) is 120 Å². The molecule has 8 nitrogen and oxygen atoms in total. The molecule has 0 bridgehead atoms. The topological polar surface area (TPSA) is 95.3 Å². The van der Waals surface area contributed by atoms with Gasteiger partial charge in [-0.2, -0.15) is 0 Å². The maximum absolute atomic E-state index is 14.8. The Kier molecular flexibility index (Phi) is 12.2. The van der Waals surface area contributed by atoms with Gasteiger partial charge in [-0.25, -0.2) is 18.7 Å². The molecule has 0 aliphatic carbocycles. The number of benzene rings is 4. The molecule has 2 aliphatic heterocycles. The monoisotopic (exact) mass is 843 g/mol. The van der Waals surface area contributed by atoms with Crippen molar-refractivity contribution in [1.29, 1.82) is 0 Å². The van der Waals surface area contributed by atoms with Gasteiger partial charge in [0.1, 0.15) is 21.6 Å². The molecule has 14 heteroatoms. The molecule has 1 N–H and O–H groups in total. The summed E-state index contributed by atoms with van der Waals surface area (Å²) in [5.41, 5.74) is 4.11. The SMILES string of the molecule is COC1(c2cc(F)cc(Sc3ccc(-c4csc(C(=NO)c5nc(-c6ccc(Sc7cc(F)cc(C8(OC)CCOCC8)c7)cc6)cs5)n4)cc3)c2)CCOCC1. The normalized spacial score (nSPS) is 16.4. The van der Waals surface area contributed by atoms with E-state index >= 15 is 0 Å². The molecule has 0 spiro atoms. The van der Waals surface area contributed by atoms with Crippen molar-refractivity contribution in [2.75, 3.05) is 40.6 Å². The van der Waals surface area contributed by atoms with Crippen molar-refractivity contribution in [2.45, 2.75) is 56.5 Å². The van der Waals surface area contributed by atoms with Crippen LogP contribution in [0.25, 0.3) is 22.5 Å². The molecule has 8 rings (SSSR count). The molecule has 6 aromatic rings. The van der Waals surface area contributed by atoms with Crippen molar-refractivity contribution in [2.24, 2.45) is 5.16 Å². The van der Waals surface area contributed by atoms with Crippen LogP contribution >= 0.6 is 46.2 Å². The van der Waals surface area contributed by atoms with E-state index in [1.165, 1.54) is 46.2 Å². The average Bonchev–Trinajstić information content (AvgIpc) is 3.93. The largest absolute Gasteiger partial charge is 0.410 e. The second-order valence-electron chi connectivity index (χ2n) is 13.8. The number of nitrogens with zero attached hydrogens (tertiary/aromatic N) is 3. The minimum atomic E-state index is -0.554. The summed E-state index contributed by atoms with van der Waals surface area (Å²) in [7, 11) is 3.35. The van der Waals surface area contributed by atoms with Gasteiger partial charge in [0.25, 0.3) is 0 Å². The zero-order valence-corrected chi connectivity index (χ0v) is 34.5. The number of rotatable bonds is 12. The first-order valence-electron chi connectivity index (χ1n) is 18.4. The standard InChI is InChI=1S/C43H39F2N3O5S4/c1-50-42(11-15-52-16-12-42)29-19-31(44)23-35(21-29)56-33-7-3-27(4-8-33)37-25-54-40(46-37)39(48-49)41-47-38(26-55-41)28-5-9-34(10-6-28)57-36-22-30(20-32(45)24-36)43(51-2)13-17-53-18-14-43/h3-10,19-26,49H,11-18H2,1-2H3. The molecule has 0 saturated carbocycles. The van der Waals surface area contributed by atoms with Crippen molar-refractivity contribution in [3.05, 3.63) is 128 Å². The van der Waals surface area contributed by atoms with E-state index in [9.17, 15) is 14.0 Å². The molecule has 0 unspecified atom stereocenters. The average molecular weight is 844 g/mol. The van der Waals surface area contributed by atoms with E-state index in [2.05, 4.69) is 5.16 Å². The second-order valence-corrected chi connectivity index (χ2v) is 17.8. The number of ether oxygens (including phenoxy) is 4. The lowest BCUT2D eigenvalue weighted by atomic mass is 9.86. The summed E-state index contributed by atoms with van der Waals surface area (Å²) < 4.78 is 52.5. The van der Waals surface area contributed by atoms with Crippen molar-refractivity contribution in [3.8, 4) is 22.5 Å². The molecular weight excluding hydrogens is 805 g/mol. The van der Waals surface area contributed by atoms with E-state index in [4.69, 9.17) is 28.9 Å². The highest BCUT2D eigenvalue weighted by Crippen LogP contribution is 2.41. The first-order chi connectivity index (χ1) is 27.8. The molecule has 0 radical (unpaired) electrons. The molecule has 4 aromatic carbocycles. The lowest BCUT2D eigenvalue weighted by Gasteiger charge is -2.36. The van der Waals surface area contributed by atoms with Gasteiger partial charge >= 0.3 is 0 Å². The van der Waals surface area contributed by atoms with Gasteiger partial charge in [-0.15, -0.1) is 22.7 Å². The Balaban J connectivity index is 0.928. The molecular formula is C43H39F2N3O5S4. The van der Waals surface area contributed by atoms with Gasteiger partial charge in [0.05, 0.1) is 22.6 Å². The number of aromatic nitrogens is 2. The van der Waals surface area contributed by atoms with Gasteiger partial charge < -0.3 is 24.2 Å². The number of hydrogen-bond donors (Lipinski definition) is 1. The third-order valence-corrected chi connectivity index (χ3v) is 14.1. The third kappa shape index (κ3) is 8.74. The van der Waals surface area contributed by atoms with Gasteiger partial charge in [0, 0.05) is 108 Å². The van der Waals surface area contributed by atoms with E-state index in [-0.39, 0.29) is 11.6 Å². The van der Waals surface area contributed by atoms with Gasteiger partial charge in [0.15, 0.2) is 5.71 Å². The highest BCUT2D eigenvalue weighted by atomic mass is 32.2. The summed E-state index contributed by atoms with van der Waals surface area (Å²) in [6.07, 6.45) is 2.71. The smallest absolute Gasteiger partial charge is 0.174 e. The maximum Gasteiger partial charge on any atom is 0.174 e. The van der Waals surface area contributed by atoms with Gasteiger partial charge in [-0.1, -0.05) is 52.9 Å². The van der Waals surface area contributed by atoms with Crippen LogP contribution in [0.5, 0.6) is 0 Å². The molecule has 57 heavy (non-hydrogen) atoms. The predicted octanol–water partition coefficient (Wildman–Crippen LogP) is 11.0. The maximum atomic E-state index is 14.8. The fourth-order valence-corrected chi connectivity index (χ4v) is 10.8. The minimum absolute atomic E-state index is 0.294. The molecule has 0 amide bonds. The zero-order chi connectivity index (χ0) is 39.4. The molecule has 2 fully saturated rings. The van der Waals surface area contributed by atoms with Crippen LogP contribution < -0.4 is 0 Å². The van der Waals surface area contributed by atoms with Crippen LogP contribution in [0.4, 0.5) is 8.78 Å². The highest BCUT2D eigenvalue weighted by Gasteiger charge is 2.36. The number of thiazole rings is 2. The van der Waals surface area contributed by atoms with E-state index < -0.39 is 11.2 Å². The lowest BCUT2D eigenvalue weighted by molar-refractivity contribution is -0.0952. The Morgan fingerprint density at radius 3 is 1.40 bits per heavy atom. The van der Waals surface area contributed by atoms with Crippen LogP contribution in [0.3, 0.4) is 0 Å². The zero-order valence-electron chi connectivity index (χ0n) is 31.2. The van der Waals surface area contributed by atoms with Crippen molar-refractivity contribution in [1.82, 2.24) is 9.97 Å². The number of methoxy groups -OCH3 is 2. The fourth-order valence-electron chi connectivity index (χ4n) is 7.26. The van der Waals surface area contributed by atoms with E-state index in [1.807, 2.05) is 71.4 Å². The molecule has 0 atom stereocenters. The predicted molar refractivity (Wildman–Crippen MR) is 221 cm³/mol. The lowest BCUT2D eigenvalue weighted by Crippen LogP contribution is -2.35. The molecule has 2 saturated heterocycles. The quantitative estimate of drug-likeness (QED) is 0.0734. The summed E-state index contributed by atoms with van der Waals surface area (Å²) in [5.74, 6) is -0.594. The van der Waals surface area contributed by atoms with Crippen LogP contribution in [-0.2, 0) is 30.1 Å². The van der Waals surface area contributed by atoms with E-state index in [0.29, 0.717) is 67.8 Å². The van der Waals surface area contributed by atoms with Crippen molar-refractivity contribution < 1.29 is 32.9 Å². The van der Waals surface area contributed by atoms with Gasteiger partial charge in [-0.3, -0.25) is 0 Å². The van der Waals surface area contributed by atoms with Crippen LogP contribution in [0, 0.1) is 11.6 Å². The van der Waals surface area contributed by atoms with Crippen molar-refractivity contribution >= 4 is 51.9 Å². The van der Waals surface area contributed by atoms with Crippen LogP contribution in [0.2, 0.25) is 0 Å². The first kappa shape index (κ1) is 39.8. The molecule has 2 aromatic heterocycles. The summed E-state index contributed by atoms with van der Waals surface area (Å²) in [5, 5.41) is 18.6. The minimum Gasteiger partial charge on any atom is -0.410 e. The van der Waals surface area contributed by atoms with Crippen molar-refractivity contribution in [3.63, 3.8) is 0 Å². The Morgan fingerprint density at radius 2 is 1.04 bits per heavy atom. The first-order valence-corrected chi connectivity index (χ1v) is 21.8. The number of hydrogen-bond acceptors (Lipinski definition) is 12. The number of halogens is 2. The number of oxime groups is 1. The Bertz CT molecular complexity index is 2190. The Hall–Kier alpha value is -3.99. The van der Waals surface area contributed by atoms with E-state index in [1.54, 1.807) is 38.5 Å². The Morgan fingerprint density at radius 1 is 0.632 bits per heavy atom. The second kappa shape index (κ2) is 17.5. The fraction of sp³-hybridized carbons (Fsp3) is 0.279. The summed E-state index contributed by atoms with van der Waals surface area (Å²) in [4.78, 5) is 13.1. The molecule has 294 valence electrons. The highest BCUT2D eigenvalue weighted by molar-refractivity contribution is 7.99. The third-order valence-electron chi connectivity index (χ3n) is 10.5. The van der Waals surface area contributed by atoms with Crippen LogP contribution in [0.1, 0.15) is 46.8 Å². The summed E-state index contributed by atoms with van der Waals surface area (Å²) >= 11 is 5.71. The molecule has 4 heterocycles. The molecule has 2 aliphatic rings. The van der Waals surface area contributed by atoms with Crippen LogP contribution in [-0.4, -0.2) is 61.5 Å². The van der Waals surface area contributed by atoms with Gasteiger partial charge in [0.2, 0.25) is 0 Å². The van der Waals surface area contributed by atoms with Gasteiger partial charge in [-0.05, 0) is 71.8 Å². The van der Waals surface area contributed by atoms with E-state index in [0.717, 1.165) is 53.2 Å². The summed E-state index contributed by atoms with van der Waals surface area (Å²) in [6, 6.07) is 26.1. The summed E-state index contributed by atoms with van der Waals surface area (Å²) in [6.45, 7) is 2.31.